The summed E-state index contributed by atoms with van der Waals surface area (Å²) in [6.07, 6.45) is 1.03. The molecule has 2 aromatic rings. The van der Waals surface area contributed by atoms with Gasteiger partial charge in [-0.15, -0.1) is 0 Å². The molecule has 2 aromatic carbocycles. The van der Waals surface area contributed by atoms with Crippen molar-refractivity contribution in [3.8, 4) is 5.75 Å². The Morgan fingerprint density at radius 3 is 2.24 bits per heavy atom. The van der Waals surface area contributed by atoms with Crippen molar-refractivity contribution >= 4 is 0 Å². The van der Waals surface area contributed by atoms with Crippen molar-refractivity contribution in [3.63, 3.8) is 0 Å². The number of nitrogens with one attached hydrogen (secondary N) is 1. The van der Waals surface area contributed by atoms with Gasteiger partial charge in [-0.05, 0) is 42.5 Å². The van der Waals surface area contributed by atoms with E-state index in [4.69, 9.17) is 4.74 Å². The highest BCUT2D eigenvalue weighted by atomic mass is 16.5. The first-order valence-corrected chi connectivity index (χ1v) is 7.60. The molecule has 0 bridgehead atoms. The van der Waals surface area contributed by atoms with Gasteiger partial charge in [-0.3, -0.25) is 0 Å². The lowest BCUT2D eigenvalue weighted by Crippen LogP contribution is -2.31. The molecule has 112 valence electrons. The normalized spacial score (nSPS) is 13.7. The third-order valence-electron chi connectivity index (χ3n) is 3.84. The second-order valence-corrected chi connectivity index (χ2v) is 5.67. The summed E-state index contributed by atoms with van der Waals surface area (Å²) < 4.78 is 5.19. The van der Waals surface area contributed by atoms with Crippen LogP contribution in [0.3, 0.4) is 0 Å². The van der Waals surface area contributed by atoms with Crippen molar-refractivity contribution in [1.82, 2.24) is 5.32 Å². The highest BCUT2D eigenvalue weighted by Gasteiger charge is 2.08. The highest BCUT2D eigenvalue weighted by Crippen LogP contribution is 2.15. The topological polar surface area (TPSA) is 21.3 Å². The van der Waals surface area contributed by atoms with E-state index in [9.17, 15) is 0 Å². The molecule has 0 aliphatic carbocycles. The molecule has 2 heteroatoms. The Bertz CT molecular complexity index is 521. The number of ether oxygens (including phenoxy) is 1. The number of benzene rings is 2. The molecule has 0 spiro atoms. The maximum atomic E-state index is 5.19. The molecule has 1 N–H and O–H groups in total. The van der Waals surface area contributed by atoms with Gasteiger partial charge in [-0.25, -0.2) is 0 Å². The lowest BCUT2D eigenvalue weighted by molar-refractivity contribution is 0.414. The molecular formula is C19H25NO. The third kappa shape index (κ3) is 4.91. The van der Waals surface area contributed by atoms with Crippen molar-refractivity contribution in [2.75, 3.05) is 13.7 Å². The Hall–Kier alpha value is -1.80. The van der Waals surface area contributed by atoms with Crippen LogP contribution in [0.15, 0.2) is 54.6 Å². The Morgan fingerprint density at radius 2 is 1.62 bits per heavy atom. The molecule has 2 nitrogen and oxygen atoms in total. The number of rotatable bonds is 7. The van der Waals surface area contributed by atoms with Crippen molar-refractivity contribution in [2.24, 2.45) is 0 Å². The minimum Gasteiger partial charge on any atom is -0.497 e. The van der Waals surface area contributed by atoms with Gasteiger partial charge in [0.15, 0.2) is 0 Å². The summed E-state index contributed by atoms with van der Waals surface area (Å²) in [4.78, 5) is 0. The van der Waals surface area contributed by atoms with E-state index in [0.29, 0.717) is 12.0 Å². The standard InChI is InChI=1S/C19H25NO/c1-15(18-7-5-4-6-8-18)14-20-16(2)13-17-9-11-19(21-3)12-10-17/h4-12,15-16,20H,13-14H2,1-3H3/t15-,16+/m0/s1. The zero-order valence-corrected chi connectivity index (χ0v) is 13.2. The fourth-order valence-corrected chi connectivity index (χ4v) is 2.46. The van der Waals surface area contributed by atoms with Crippen LogP contribution >= 0.6 is 0 Å². The lowest BCUT2D eigenvalue weighted by atomic mass is 10.0. The summed E-state index contributed by atoms with van der Waals surface area (Å²) in [5, 5.41) is 3.63. The van der Waals surface area contributed by atoms with Crippen LogP contribution in [0.25, 0.3) is 0 Å². The van der Waals surface area contributed by atoms with Gasteiger partial charge in [0.05, 0.1) is 7.11 Å². The Balaban J connectivity index is 1.80. The summed E-state index contributed by atoms with van der Waals surface area (Å²) in [7, 11) is 1.70. The largest absolute Gasteiger partial charge is 0.497 e. The van der Waals surface area contributed by atoms with E-state index in [2.05, 4.69) is 61.6 Å². The van der Waals surface area contributed by atoms with Gasteiger partial charge in [0.1, 0.15) is 5.75 Å². The maximum absolute atomic E-state index is 5.19. The zero-order valence-electron chi connectivity index (χ0n) is 13.2. The lowest BCUT2D eigenvalue weighted by Gasteiger charge is -2.18. The average Bonchev–Trinajstić information content (AvgIpc) is 2.54. The first kappa shape index (κ1) is 15.6. The van der Waals surface area contributed by atoms with Gasteiger partial charge in [0, 0.05) is 12.6 Å². The zero-order chi connectivity index (χ0) is 15.1. The second kappa shape index (κ2) is 7.84. The smallest absolute Gasteiger partial charge is 0.118 e. The van der Waals surface area contributed by atoms with Crippen LogP contribution in [0.5, 0.6) is 5.75 Å². The van der Waals surface area contributed by atoms with Crippen LogP contribution in [0, 0.1) is 0 Å². The van der Waals surface area contributed by atoms with Gasteiger partial charge in [0.2, 0.25) is 0 Å². The van der Waals surface area contributed by atoms with Crippen LogP contribution in [0.1, 0.15) is 30.9 Å². The molecule has 0 amide bonds. The van der Waals surface area contributed by atoms with Gasteiger partial charge < -0.3 is 10.1 Å². The molecule has 0 saturated heterocycles. The second-order valence-electron chi connectivity index (χ2n) is 5.67. The van der Waals surface area contributed by atoms with Crippen molar-refractivity contribution < 1.29 is 4.74 Å². The van der Waals surface area contributed by atoms with E-state index in [-0.39, 0.29) is 0 Å². The van der Waals surface area contributed by atoms with Crippen LogP contribution < -0.4 is 10.1 Å². The minimum absolute atomic E-state index is 0.463. The SMILES string of the molecule is COc1ccc(C[C@@H](C)NC[C@H](C)c2ccccc2)cc1. The number of hydrogen-bond acceptors (Lipinski definition) is 2. The summed E-state index contributed by atoms with van der Waals surface area (Å²) in [5.74, 6) is 1.45. The van der Waals surface area contributed by atoms with Crippen LogP contribution in [0.4, 0.5) is 0 Å². The molecule has 0 radical (unpaired) electrons. The fourth-order valence-electron chi connectivity index (χ4n) is 2.46. The first-order valence-electron chi connectivity index (χ1n) is 7.60. The predicted molar refractivity (Wildman–Crippen MR) is 89.0 cm³/mol. The molecule has 2 rings (SSSR count). The summed E-state index contributed by atoms with van der Waals surface area (Å²) in [6.45, 7) is 5.51. The predicted octanol–water partition coefficient (Wildman–Crippen LogP) is 4.02. The van der Waals surface area contributed by atoms with Crippen LogP contribution in [-0.2, 0) is 6.42 Å². The van der Waals surface area contributed by atoms with Gasteiger partial charge in [0.25, 0.3) is 0 Å². The van der Waals surface area contributed by atoms with Gasteiger partial charge in [-0.1, -0.05) is 49.4 Å². The number of methoxy groups -OCH3 is 1. The third-order valence-corrected chi connectivity index (χ3v) is 3.84. The van der Waals surface area contributed by atoms with Gasteiger partial charge >= 0.3 is 0 Å². The molecule has 0 aromatic heterocycles. The molecule has 0 heterocycles. The van der Waals surface area contributed by atoms with E-state index < -0.39 is 0 Å². The molecule has 0 aliphatic rings. The Kier molecular flexibility index (Phi) is 5.82. The summed E-state index contributed by atoms with van der Waals surface area (Å²) in [5.41, 5.74) is 2.73. The van der Waals surface area contributed by atoms with Crippen molar-refractivity contribution in [2.45, 2.75) is 32.2 Å². The molecule has 0 aliphatic heterocycles. The van der Waals surface area contributed by atoms with Crippen molar-refractivity contribution in [1.29, 1.82) is 0 Å². The molecule has 0 saturated carbocycles. The number of hydrogen-bond donors (Lipinski definition) is 1. The van der Waals surface area contributed by atoms with E-state index in [1.54, 1.807) is 7.11 Å². The molecule has 0 unspecified atom stereocenters. The van der Waals surface area contributed by atoms with Crippen molar-refractivity contribution in [3.05, 3.63) is 65.7 Å². The fraction of sp³-hybridized carbons (Fsp3) is 0.368. The Labute approximate surface area is 128 Å². The van der Waals surface area contributed by atoms with E-state index in [1.807, 2.05) is 12.1 Å². The molecule has 0 fully saturated rings. The highest BCUT2D eigenvalue weighted by molar-refractivity contribution is 5.27. The Morgan fingerprint density at radius 1 is 0.952 bits per heavy atom. The summed E-state index contributed by atoms with van der Waals surface area (Å²) >= 11 is 0. The first-order chi connectivity index (χ1) is 10.2. The molecule has 21 heavy (non-hydrogen) atoms. The van der Waals surface area contributed by atoms with E-state index in [1.165, 1.54) is 11.1 Å². The quantitative estimate of drug-likeness (QED) is 0.828. The van der Waals surface area contributed by atoms with Gasteiger partial charge in [-0.2, -0.15) is 0 Å². The van der Waals surface area contributed by atoms with Crippen LogP contribution in [0.2, 0.25) is 0 Å². The van der Waals surface area contributed by atoms with E-state index >= 15 is 0 Å². The molecular weight excluding hydrogens is 258 g/mol. The maximum Gasteiger partial charge on any atom is 0.118 e. The average molecular weight is 283 g/mol. The monoisotopic (exact) mass is 283 g/mol. The minimum atomic E-state index is 0.463. The van der Waals surface area contributed by atoms with E-state index in [0.717, 1.165) is 18.7 Å². The summed E-state index contributed by atoms with van der Waals surface area (Å²) in [6, 6.07) is 19.4. The van der Waals surface area contributed by atoms with Crippen LogP contribution in [-0.4, -0.2) is 19.7 Å². The molecule has 2 atom stereocenters.